The predicted molar refractivity (Wildman–Crippen MR) is 110 cm³/mol. The molecule has 0 aromatic heterocycles. The van der Waals surface area contributed by atoms with Crippen LogP contribution in [0.4, 0.5) is 0 Å². The Morgan fingerprint density at radius 1 is 1.11 bits per heavy atom. The van der Waals surface area contributed by atoms with Gasteiger partial charge in [0, 0.05) is 0 Å². The lowest BCUT2D eigenvalue weighted by atomic mass is 9.45. The van der Waals surface area contributed by atoms with Crippen LogP contribution >= 0.6 is 0 Å². The van der Waals surface area contributed by atoms with Crippen molar-refractivity contribution in [3.63, 3.8) is 0 Å². The number of fused-ring (bicyclic) bond motifs is 7. The molecule has 0 heterocycles. The van der Waals surface area contributed by atoms with Gasteiger partial charge in [-0.2, -0.15) is 5.10 Å². The van der Waals surface area contributed by atoms with E-state index in [4.69, 9.17) is 0 Å². The summed E-state index contributed by atoms with van der Waals surface area (Å²) in [6, 6.07) is 0. The van der Waals surface area contributed by atoms with Crippen LogP contribution < -0.4 is 4.83 Å². The first-order valence-electron chi connectivity index (χ1n) is 10.9. The molecule has 5 aliphatic carbocycles. The summed E-state index contributed by atoms with van der Waals surface area (Å²) >= 11 is 0. The summed E-state index contributed by atoms with van der Waals surface area (Å²) in [6.45, 7) is 6.93. The summed E-state index contributed by atoms with van der Waals surface area (Å²) in [5.41, 5.74) is 2.12. The number of nitrogens with zero attached hydrogens (tertiary/aromatic N) is 1. The number of nitrogens with one attached hydrogen (secondary N) is 1. The molecule has 0 bridgehead atoms. The fourth-order valence-electron chi connectivity index (χ4n) is 8.11. The SMILES string of the molecule is C[C@]12CC/C(=N\NS(C)(=O)=O)C=C1CC[C@H]1[C@@H]3[C@H]4C[C@H]4[C@](C)(O)[C@@]3(C)CC[C@@H]12. The number of rotatable bonds is 2. The van der Waals surface area contributed by atoms with E-state index in [1.165, 1.54) is 24.8 Å². The van der Waals surface area contributed by atoms with Gasteiger partial charge < -0.3 is 5.11 Å². The summed E-state index contributed by atoms with van der Waals surface area (Å²) in [5, 5.41) is 15.5. The maximum Gasteiger partial charge on any atom is 0.244 e. The second-order valence-electron chi connectivity index (χ2n) is 11.0. The van der Waals surface area contributed by atoms with Gasteiger partial charge in [0.25, 0.3) is 0 Å². The van der Waals surface area contributed by atoms with Crippen molar-refractivity contribution in [2.24, 2.45) is 45.5 Å². The lowest BCUT2D eigenvalue weighted by Gasteiger charge is -2.60. The summed E-state index contributed by atoms with van der Waals surface area (Å²) in [4.78, 5) is 2.30. The van der Waals surface area contributed by atoms with Crippen LogP contribution in [0.25, 0.3) is 0 Å². The molecular weight excluding hydrogens is 372 g/mol. The molecule has 0 spiro atoms. The fraction of sp³-hybridized carbons (Fsp3) is 0.864. The Hall–Kier alpha value is -0.880. The third kappa shape index (κ3) is 2.46. The zero-order chi connectivity index (χ0) is 20.1. The largest absolute Gasteiger partial charge is 0.389 e. The molecule has 5 aliphatic rings. The van der Waals surface area contributed by atoms with Crippen molar-refractivity contribution in [1.82, 2.24) is 4.83 Å². The number of sulfonamides is 1. The van der Waals surface area contributed by atoms with Gasteiger partial charge in [0.1, 0.15) is 0 Å². The zero-order valence-corrected chi connectivity index (χ0v) is 18.3. The van der Waals surface area contributed by atoms with Crippen molar-refractivity contribution >= 4 is 15.7 Å². The fourth-order valence-corrected chi connectivity index (χ4v) is 8.40. The van der Waals surface area contributed by atoms with Gasteiger partial charge in [-0.25, -0.2) is 13.2 Å². The van der Waals surface area contributed by atoms with E-state index in [0.717, 1.165) is 49.5 Å². The number of allylic oxidation sites excluding steroid dienone is 2. The second-order valence-corrected chi connectivity index (χ2v) is 12.7. The van der Waals surface area contributed by atoms with Crippen molar-refractivity contribution in [1.29, 1.82) is 0 Å². The van der Waals surface area contributed by atoms with Crippen LogP contribution in [-0.4, -0.2) is 31.1 Å². The Morgan fingerprint density at radius 2 is 1.86 bits per heavy atom. The standard InChI is InChI=1S/C22H34N2O3S/c1-20-9-7-14(23-24-28(4,26)27)11-13(20)5-6-15-17(20)8-10-21(2)19(15)16-12-18(16)22(21,3)25/h11,15-19,24-25H,5-10,12H2,1-4H3/b23-14+/t15-,16+,17+,18-,19-,20+,21+,22+/m1/s1. The summed E-state index contributed by atoms with van der Waals surface area (Å²) in [6.07, 6.45) is 11.1. The molecule has 0 unspecified atom stereocenters. The molecule has 156 valence electrons. The van der Waals surface area contributed by atoms with Gasteiger partial charge in [-0.1, -0.05) is 19.4 Å². The highest BCUT2D eigenvalue weighted by Gasteiger charge is 2.74. The van der Waals surface area contributed by atoms with E-state index in [0.29, 0.717) is 17.8 Å². The Morgan fingerprint density at radius 3 is 2.57 bits per heavy atom. The van der Waals surface area contributed by atoms with Crippen LogP contribution in [-0.2, 0) is 10.0 Å². The lowest BCUT2D eigenvalue weighted by Crippen LogP contribution is -2.55. The van der Waals surface area contributed by atoms with E-state index in [1.54, 1.807) is 0 Å². The van der Waals surface area contributed by atoms with Gasteiger partial charge in [0.15, 0.2) is 0 Å². The van der Waals surface area contributed by atoms with Gasteiger partial charge >= 0.3 is 0 Å². The molecule has 0 aromatic carbocycles. The molecule has 0 saturated heterocycles. The molecule has 4 fully saturated rings. The molecule has 0 aromatic rings. The normalized spacial score (nSPS) is 53.5. The van der Waals surface area contributed by atoms with Gasteiger partial charge in [-0.3, -0.25) is 0 Å². The topological polar surface area (TPSA) is 78.8 Å². The maximum atomic E-state index is 11.4. The Kier molecular flexibility index (Phi) is 3.84. The minimum Gasteiger partial charge on any atom is -0.389 e. The number of aliphatic hydroxyl groups is 1. The third-order valence-corrected chi connectivity index (χ3v) is 10.2. The van der Waals surface area contributed by atoms with Gasteiger partial charge in [-0.05, 0) is 98.4 Å². The minimum atomic E-state index is -3.31. The third-order valence-electron chi connectivity index (χ3n) is 9.76. The molecule has 5 rings (SSSR count). The quantitative estimate of drug-likeness (QED) is 0.689. The first kappa shape index (κ1) is 19.1. The molecule has 6 heteroatoms. The average Bonchev–Trinajstić information content (AvgIpc) is 3.36. The summed E-state index contributed by atoms with van der Waals surface area (Å²) in [7, 11) is -3.31. The Labute approximate surface area is 169 Å². The molecule has 0 radical (unpaired) electrons. The molecular formula is C22H34N2O3S. The first-order chi connectivity index (χ1) is 13.0. The van der Waals surface area contributed by atoms with E-state index in [9.17, 15) is 13.5 Å². The van der Waals surface area contributed by atoms with Crippen molar-refractivity contribution in [3.05, 3.63) is 11.6 Å². The number of hydrogen-bond acceptors (Lipinski definition) is 4. The van der Waals surface area contributed by atoms with Crippen molar-refractivity contribution in [2.45, 2.75) is 71.3 Å². The van der Waals surface area contributed by atoms with Crippen LogP contribution in [0.3, 0.4) is 0 Å². The molecule has 4 saturated carbocycles. The molecule has 0 amide bonds. The number of hydrazone groups is 1. The van der Waals surface area contributed by atoms with Gasteiger partial charge in [0.05, 0.1) is 17.6 Å². The Bertz CT molecular complexity index is 876. The van der Waals surface area contributed by atoms with E-state index >= 15 is 0 Å². The van der Waals surface area contributed by atoms with Gasteiger partial charge in [-0.15, -0.1) is 0 Å². The highest BCUT2D eigenvalue weighted by atomic mass is 32.2. The second kappa shape index (κ2) is 5.63. The van der Waals surface area contributed by atoms with Crippen LogP contribution in [0.1, 0.15) is 65.7 Å². The predicted octanol–water partition coefficient (Wildman–Crippen LogP) is 3.46. The smallest absolute Gasteiger partial charge is 0.244 e. The van der Waals surface area contributed by atoms with E-state index in [1.807, 2.05) is 0 Å². The summed E-state index contributed by atoms with van der Waals surface area (Å²) in [5.74, 6) is 3.34. The molecule has 28 heavy (non-hydrogen) atoms. The monoisotopic (exact) mass is 406 g/mol. The first-order valence-corrected chi connectivity index (χ1v) is 12.8. The van der Waals surface area contributed by atoms with Crippen LogP contribution in [0.5, 0.6) is 0 Å². The number of hydrogen-bond donors (Lipinski definition) is 2. The van der Waals surface area contributed by atoms with Crippen LogP contribution in [0.2, 0.25) is 0 Å². The highest BCUT2D eigenvalue weighted by molar-refractivity contribution is 7.88. The van der Waals surface area contributed by atoms with E-state index < -0.39 is 15.6 Å². The Balaban J connectivity index is 1.44. The van der Waals surface area contributed by atoms with Crippen LogP contribution in [0, 0.1) is 40.4 Å². The molecule has 5 nitrogen and oxygen atoms in total. The van der Waals surface area contributed by atoms with E-state index in [-0.39, 0.29) is 10.8 Å². The van der Waals surface area contributed by atoms with Crippen molar-refractivity contribution < 1.29 is 13.5 Å². The zero-order valence-electron chi connectivity index (χ0n) is 17.5. The molecule has 8 atom stereocenters. The van der Waals surface area contributed by atoms with Crippen molar-refractivity contribution in [3.8, 4) is 0 Å². The highest BCUT2D eigenvalue weighted by Crippen LogP contribution is 2.76. The lowest BCUT2D eigenvalue weighted by molar-refractivity contribution is -0.137. The maximum absolute atomic E-state index is 11.4. The molecule has 2 N–H and O–H groups in total. The average molecular weight is 407 g/mol. The van der Waals surface area contributed by atoms with Crippen LogP contribution in [0.15, 0.2) is 16.8 Å². The molecule has 0 aliphatic heterocycles. The van der Waals surface area contributed by atoms with E-state index in [2.05, 4.69) is 36.8 Å². The van der Waals surface area contributed by atoms with Crippen molar-refractivity contribution in [2.75, 3.05) is 6.26 Å². The summed E-state index contributed by atoms with van der Waals surface area (Å²) < 4.78 is 22.7. The minimum absolute atomic E-state index is 0.0834. The van der Waals surface area contributed by atoms with Gasteiger partial charge in [0.2, 0.25) is 10.0 Å².